The number of halogens is 2. The zero-order valence-corrected chi connectivity index (χ0v) is 12.7. The maximum absolute atomic E-state index is 5.95. The van der Waals surface area contributed by atoms with Crippen LogP contribution in [0.3, 0.4) is 0 Å². The summed E-state index contributed by atoms with van der Waals surface area (Å²) in [7, 11) is 0. The molecule has 0 aliphatic rings. The average molecular weight is 315 g/mol. The number of H-pyrrole nitrogens is 1. The van der Waals surface area contributed by atoms with Crippen LogP contribution in [0.1, 0.15) is 31.2 Å². The highest BCUT2D eigenvalue weighted by Crippen LogP contribution is 2.22. The standard InChI is InChI=1S/C12H12Cl2N4S/c1-7(2)11-16-17-12(19)18(11)15-6-8-3-4-9(13)10(14)5-8/h3-7H,1-2H3,(H,17,19)/b15-6-. The molecule has 1 aromatic heterocycles. The Morgan fingerprint density at radius 2 is 2.11 bits per heavy atom. The fraction of sp³-hybridized carbons (Fsp3) is 0.250. The van der Waals surface area contributed by atoms with Crippen molar-refractivity contribution in [2.75, 3.05) is 0 Å². The van der Waals surface area contributed by atoms with Gasteiger partial charge in [0.1, 0.15) is 0 Å². The predicted molar refractivity (Wildman–Crippen MR) is 81.0 cm³/mol. The first-order valence-corrected chi connectivity index (χ1v) is 6.82. The van der Waals surface area contributed by atoms with Gasteiger partial charge < -0.3 is 0 Å². The van der Waals surface area contributed by atoms with Crippen molar-refractivity contribution in [3.8, 4) is 0 Å². The van der Waals surface area contributed by atoms with Gasteiger partial charge in [0, 0.05) is 5.92 Å². The van der Waals surface area contributed by atoms with Crippen molar-refractivity contribution in [2.45, 2.75) is 19.8 Å². The molecule has 0 saturated heterocycles. The van der Waals surface area contributed by atoms with E-state index in [0.717, 1.165) is 11.4 Å². The summed E-state index contributed by atoms with van der Waals surface area (Å²) >= 11 is 16.9. The second kappa shape index (κ2) is 5.86. The van der Waals surface area contributed by atoms with Crippen LogP contribution in [0.2, 0.25) is 10.0 Å². The molecule has 0 unspecified atom stereocenters. The first kappa shape index (κ1) is 14.2. The Labute approximate surface area is 126 Å². The Balaban J connectivity index is 2.35. The molecule has 0 atom stereocenters. The van der Waals surface area contributed by atoms with Gasteiger partial charge in [-0.15, -0.1) is 0 Å². The molecule has 1 heterocycles. The van der Waals surface area contributed by atoms with Crippen molar-refractivity contribution in [1.82, 2.24) is 14.9 Å². The Morgan fingerprint density at radius 3 is 2.74 bits per heavy atom. The van der Waals surface area contributed by atoms with Crippen molar-refractivity contribution >= 4 is 41.6 Å². The Kier molecular flexibility index (Phi) is 4.39. The molecular weight excluding hydrogens is 303 g/mol. The van der Waals surface area contributed by atoms with E-state index >= 15 is 0 Å². The molecule has 1 N–H and O–H groups in total. The Hall–Kier alpha value is -1.17. The van der Waals surface area contributed by atoms with Crippen LogP contribution in [0.5, 0.6) is 0 Å². The lowest BCUT2D eigenvalue weighted by Crippen LogP contribution is -2.00. The van der Waals surface area contributed by atoms with Gasteiger partial charge in [-0.25, -0.2) is 0 Å². The van der Waals surface area contributed by atoms with Crippen LogP contribution in [0.15, 0.2) is 23.3 Å². The number of rotatable bonds is 3. The number of hydrogen-bond acceptors (Lipinski definition) is 3. The summed E-state index contributed by atoms with van der Waals surface area (Å²) in [4.78, 5) is 0. The van der Waals surface area contributed by atoms with Crippen molar-refractivity contribution in [3.05, 3.63) is 44.4 Å². The third-order valence-corrected chi connectivity index (χ3v) is 3.46. The maximum Gasteiger partial charge on any atom is 0.216 e. The zero-order chi connectivity index (χ0) is 14.0. The molecule has 0 saturated carbocycles. The summed E-state index contributed by atoms with van der Waals surface area (Å²) in [5.41, 5.74) is 0.840. The molecular formula is C12H12Cl2N4S. The summed E-state index contributed by atoms with van der Waals surface area (Å²) in [5, 5.41) is 12.2. The molecule has 100 valence electrons. The first-order chi connectivity index (χ1) is 8.99. The van der Waals surface area contributed by atoms with Gasteiger partial charge in [0.25, 0.3) is 0 Å². The first-order valence-electron chi connectivity index (χ1n) is 5.65. The van der Waals surface area contributed by atoms with Gasteiger partial charge >= 0.3 is 0 Å². The Bertz CT molecular complexity index is 673. The van der Waals surface area contributed by atoms with Gasteiger partial charge in [0.05, 0.1) is 16.3 Å². The van der Waals surface area contributed by atoms with Crippen LogP contribution >= 0.6 is 35.4 Å². The summed E-state index contributed by atoms with van der Waals surface area (Å²) in [5.74, 6) is 1.00. The molecule has 0 fully saturated rings. The fourth-order valence-corrected chi connectivity index (χ4v) is 2.00. The second-order valence-electron chi connectivity index (χ2n) is 4.27. The second-order valence-corrected chi connectivity index (χ2v) is 5.47. The molecule has 1 aromatic carbocycles. The number of aromatic amines is 1. The lowest BCUT2D eigenvalue weighted by molar-refractivity contribution is 0.695. The van der Waals surface area contributed by atoms with Crippen molar-refractivity contribution in [3.63, 3.8) is 0 Å². The predicted octanol–water partition coefficient (Wildman–Crippen LogP) is 4.25. The van der Waals surface area contributed by atoms with E-state index in [2.05, 4.69) is 15.3 Å². The largest absolute Gasteiger partial charge is 0.250 e. The molecule has 2 rings (SSSR count). The minimum absolute atomic E-state index is 0.221. The summed E-state index contributed by atoms with van der Waals surface area (Å²) in [6, 6.07) is 5.30. The van der Waals surface area contributed by atoms with Gasteiger partial charge in [-0.05, 0) is 29.9 Å². The third kappa shape index (κ3) is 3.23. The summed E-state index contributed by atoms with van der Waals surface area (Å²) < 4.78 is 2.06. The van der Waals surface area contributed by atoms with E-state index in [-0.39, 0.29) is 5.92 Å². The number of aromatic nitrogens is 3. The smallest absolute Gasteiger partial charge is 0.216 e. The van der Waals surface area contributed by atoms with E-state index < -0.39 is 0 Å². The minimum atomic E-state index is 0.221. The average Bonchev–Trinajstić information content (AvgIpc) is 2.72. The molecule has 2 aromatic rings. The van der Waals surface area contributed by atoms with E-state index in [1.165, 1.54) is 0 Å². The van der Waals surface area contributed by atoms with Crippen molar-refractivity contribution < 1.29 is 0 Å². The number of nitrogens with one attached hydrogen (secondary N) is 1. The molecule has 0 spiro atoms. The van der Waals surface area contributed by atoms with Crippen molar-refractivity contribution in [1.29, 1.82) is 0 Å². The molecule has 0 aliphatic heterocycles. The van der Waals surface area contributed by atoms with Gasteiger partial charge in [-0.3, -0.25) is 5.10 Å². The molecule has 0 radical (unpaired) electrons. The zero-order valence-electron chi connectivity index (χ0n) is 10.4. The highest BCUT2D eigenvalue weighted by atomic mass is 35.5. The lowest BCUT2D eigenvalue weighted by Gasteiger charge is -2.03. The highest BCUT2D eigenvalue weighted by Gasteiger charge is 2.08. The van der Waals surface area contributed by atoms with Crippen LogP contribution in [-0.2, 0) is 0 Å². The van der Waals surface area contributed by atoms with E-state index in [1.54, 1.807) is 23.0 Å². The molecule has 7 heteroatoms. The quantitative estimate of drug-likeness (QED) is 0.680. The van der Waals surface area contributed by atoms with Gasteiger partial charge in [-0.2, -0.15) is 14.9 Å². The molecule has 19 heavy (non-hydrogen) atoms. The van der Waals surface area contributed by atoms with E-state index in [0.29, 0.717) is 14.8 Å². The van der Waals surface area contributed by atoms with Crippen LogP contribution in [0.25, 0.3) is 0 Å². The summed E-state index contributed by atoms with van der Waals surface area (Å²) in [6.45, 7) is 4.05. The van der Waals surface area contributed by atoms with Gasteiger partial charge in [0.15, 0.2) is 5.82 Å². The number of hydrogen-bond donors (Lipinski definition) is 1. The normalized spacial score (nSPS) is 11.6. The number of nitrogens with zero attached hydrogens (tertiary/aromatic N) is 3. The van der Waals surface area contributed by atoms with Crippen molar-refractivity contribution in [2.24, 2.45) is 5.10 Å². The van der Waals surface area contributed by atoms with Crippen LogP contribution < -0.4 is 0 Å². The van der Waals surface area contributed by atoms with E-state index in [9.17, 15) is 0 Å². The lowest BCUT2D eigenvalue weighted by atomic mass is 10.2. The van der Waals surface area contributed by atoms with Gasteiger partial charge in [-0.1, -0.05) is 43.1 Å². The van der Waals surface area contributed by atoms with E-state index in [1.807, 2.05) is 19.9 Å². The van der Waals surface area contributed by atoms with Gasteiger partial charge in [0.2, 0.25) is 4.77 Å². The van der Waals surface area contributed by atoms with E-state index in [4.69, 9.17) is 35.4 Å². The maximum atomic E-state index is 5.95. The highest BCUT2D eigenvalue weighted by molar-refractivity contribution is 7.71. The molecule has 4 nitrogen and oxygen atoms in total. The summed E-state index contributed by atoms with van der Waals surface area (Å²) in [6.07, 6.45) is 1.67. The van der Waals surface area contributed by atoms with Crippen LogP contribution in [0, 0.1) is 4.77 Å². The molecule has 0 amide bonds. The monoisotopic (exact) mass is 314 g/mol. The molecule has 0 bridgehead atoms. The minimum Gasteiger partial charge on any atom is -0.250 e. The Morgan fingerprint density at radius 1 is 1.37 bits per heavy atom. The SMILES string of the molecule is CC(C)c1n[nH]c(=S)n1/N=C\c1ccc(Cl)c(Cl)c1. The topological polar surface area (TPSA) is 46.0 Å². The molecule has 0 aliphatic carbocycles. The van der Waals surface area contributed by atoms with Crippen LogP contribution in [0.4, 0.5) is 0 Å². The number of benzene rings is 1. The van der Waals surface area contributed by atoms with Crippen LogP contribution in [-0.4, -0.2) is 21.1 Å². The fourth-order valence-electron chi connectivity index (χ4n) is 1.51. The third-order valence-electron chi connectivity index (χ3n) is 2.46.